The second-order valence-corrected chi connectivity index (χ2v) is 8.01. The summed E-state index contributed by atoms with van der Waals surface area (Å²) in [4.78, 5) is 13.6. The monoisotopic (exact) mass is 480 g/mol. The topological polar surface area (TPSA) is 59.3 Å². The smallest absolute Gasteiger partial charge is 0.345 e. The van der Waals surface area contributed by atoms with Gasteiger partial charge in [-0.25, -0.2) is 4.39 Å². The minimum atomic E-state index is -4.60. The molecule has 0 fully saturated rings. The third-order valence-corrected chi connectivity index (χ3v) is 5.66. The summed E-state index contributed by atoms with van der Waals surface area (Å²) in [6.45, 7) is -0.191. The number of hydrogen-bond acceptors (Lipinski definition) is 4. The van der Waals surface area contributed by atoms with E-state index in [1.807, 2.05) is 0 Å². The fraction of sp³-hybridized carbons (Fsp3) is 0.0952. The second-order valence-electron chi connectivity index (χ2n) is 6.65. The van der Waals surface area contributed by atoms with Crippen LogP contribution in [0.4, 0.5) is 17.6 Å². The average Bonchev–Trinajstić information content (AvgIpc) is 3.41. The summed E-state index contributed by atoms with van der Waals surface area (Å²) >= 11 is 7.25. The van der Waals surface area contributed by atoms with Gasteiger partial charge < -0.3 is 5.32 Å². The molecule has 11 heteroatoms. The number of halogens is 5. The zero-order valence-electron chi connectivity index (χ0n) is 16.0. The Hall–Kier alpha value is -3.24. The lowest BCUT2D eigenvalue weighted by atomic mass is 10.1. The number of nitrogens with zero attached hydrogens (tertiary/aromatic N) is 3. The standard InChI is InChI=1S/C21H13ClF4N4OS/c22-16-9-13(21(24,25)26)11-30-18(28-29-19(16)30)10-27-20(31)15(17-2-1-7-32-17)8-12-3-5-14(23)6-4-12/h1-9,11H,10H2,(H,27,31)/b15-8+. The van der Waals surface area contributed by atoms with Crippen molar-refractivity contribution in [3.8, 4) is 0 Å². The van der Waals surface area contributed by atoms with Crippen LogP contribution in [0.2, 0.25) is 5.02 Å². The van der Waals surface area contributed by atoms with Gasteiger partial charge in [0.05, 0.1) is 22.7 Å². The Morgan fingerprint density at radius 3 is 2.59 bits per heavy atom. The van der Waals surface area contributed by atoms with E-state index < -0.39 is 23.5 Å². The number of hydrogen-bond donors (Lipinski definition) is 1. The summed E-state index contributed by atoms with van der Waals surface area (Å²) in [6, 6.07) is 9.92. The lowest BCUT2D eigenvalue weighted by Crippen LogP contribution is -2.24. The minimum Gasteiger partial charge on any atom is -0.345 e. The maximum atomic E-state index is 13.2. The highest BCUT2D eigenvalue weighted by Gasteiger charge is 2.32. The van der Waals surface area contributed by atoms with Gasteiger partial charge in [-0.1, -0.05) is 29.8 Å². The van der Waals surface area contributed by atoms with Gasteiger partial charge in [0.1, 0.15) is 5.82 Å². The van der Waals surface area contributed by atoms with E-state index in [0.29, 0.717) is 16.0 Å². The predicted octanol–water partition coefficient (Wildman–Crippen LogP) is 5.46. The van der Waals surface area contributed by atoms with Crippen LogP contribution in [0.15, 0.2) is 54.0 Å². The van der Waals surface area contributed by atoms with Crippen LogP contribution in [0.1, 0.15) is 21.8 Å². The maximum Gasteiger partial charge on any atom is 0.417 e. The van der Waals surface area contributed by atoms with E-state index in [4.69, 9.17) is 11.6 Å². The normalized spacial score (nSPS) is 12.3. The van der Waals surface area contributed by atoms with Crippen molar-refractivity contribution in [1.29, 1.82) is 0 Å². The largest absolute Gasteiger partial charge is 0.417 e. The van der Waals surface area contributed by atoms with Crippen molar-refractivity contribution in [2.24, 2.45) is 0 Å². The van der Waals surface area contributed by atoms with Crippen molar-refractivity contribution in [2.75, 3.05) is 0 Å². The van der Waals surface area contributed by atoms with Gasteiger partial charge in [-0.2, -0.15) is 13.2 Å². The first-order valence-corrected chi connectivity index (χ1v) is 10.4. The van der Waals surface area contributed by atoms with Crippen molar-refractivity contribution >= 4 is 46.1 Å². The molecule has 3 aromatic heterocycles. The van der Waals surface area contributed by atoms with Gasteiger partial charge in [-0.05, 0) is 41.3 Å². The van der Waals surface area contributed by atoms with Gasteiger partial charge in [0.15, 0.2) is 11.5 Å². The molecule has 0 atom stereocenters. The molecule has 0 spiro atoms. The third-order valence-electron chi connectivity index (χ3n) is 4.48. The molecule has 1 aromatic carbocycles. The Bertz CT molecular complexity index is 1300. The zero-order chi connectivity index (χ0) is 22.9. The second kappa shape index (κ2) is 8.71. The van der Waals surface area contributed by atoms with E-state index in [1.54, 1.807) is 23.6 Å². The molecule has 3 heterocycles. The highest BCUT2D eigenvalue weighted by molar-refractivity contribution is 7.11. The molecule has 0 unspecified atom stereocenters. The summed E-state index contributed by atoms with van der Waals surface area (Å²) in [7, 11) is 0. The number of carbonyl (C=O) groups is 1. The van der Waals surface area contributed by atoms with Crippen LogP contribution < -0.4 is 5.32 Å². The number of fused-ring (bicyclic) bond motifs is 1. The van der Waals surface area contributed by atoms with E-state index >= 15 is 0 Å². The molecule has 4 rings (SSSR count). The minimum absolute atomic E-state index is 0.0456. The van der Waals surface area contributed by atoms with Crippen molar-refractivity contribution in [3.05, 3.63) is 86.7 Å². The number of amides is 1. The Kier molecular flexibility index (Phi) is 5.98. The summed E-state index contributed by atoms with van der Waals surface area (Å²) in [5.74, 6) is -0.805. The maximum absolute atomic E-state index is 13.2. The Morgan fingerprint density at radius 2 is 1.94 bits per heavy atom. The number of alkyl halides is 3. The molecule has 0 aliphatic rings. The fourth-order valence-corrected chi connectivity index (χ4v) is 3.92. The number of rotatable bonds is 5. The molecule has 0 radical (unpaired) electrons. The molecule has 4 aromatic rings. The summed E-state index contributed by atoms with van der Waals surface area (Å²) in [6.07, 6.45) is -2.18. The van der Waals surface area contributed by atoms with E-state index in [-0.39, 0.29) is 23.0 Å². The summed E-state index contributed by atoms with van der Waals surface area (Å²) < 4.78 is 53.7. The number of thiophene rings is 1. The van der Waals surface area contributed by atoms with Crippen molar-refractivity contribution in [1.82, 2.24) is 19.9 Å². The lowest BCUT2D eigenvalue weighted by Gasteiger charge is -2.10. The first kappa shape index (κ1) is 22.0. The van der Waals surface area contributed by atoms with E-state index in [2.05, 4.69) is 15.5 Å². The Balaban J connectivity index is 1.62. The van der Waals surface area contributed by atoms with Crippen molar-refractivity contribution in [3.63, 3.8) is 0 Å². The molecule has 0 aliphatic carbocycles. The van der Waals surface area contributed by atoms with Crippen LogP contribution in [0.3, 0.4) is 0 Å². The van der Waals surface area contributed by atoms with Crippen LogP contribution >= 0.6 is 22.9 Å². The highest BCUT2D eigenvalue weighted by Crippen LogP contribution is 2.32. The number of benzene rings is 1. The molecule has 164 valence electrons. The van der Waals surface area contributed by atoms with Crippen LogP contribution in [0, 0.1) is 5.82 Å². The van der Waals surface area contributed by atoms with Crippen LogP contribution in [0.5, 0.6) is 0 Å². The highest BCUT2D eigenvalue weighted by atomic mass is 35.5. The molecular weight excluding hydrogens is 468 g/mol. The number of nitrogens with one attached hydrogen (secondary N) is 1. The number of pyridine rings is 1. The fourth-order valence-electron chi connectivity index (χ4n) is 2.94. The summed E-state index contributed by atoms with van der Waals surface area (Å²) in [5, 5.41) is 11.9. The number of carbonyl (C=O) groups excluding carboxylic acids is 1. The van der Waals surface area contributed by atoms with E-state index in [0.717, 1.165) is 16.7 Å². The van der Waals surface area contributed by atoms with Gasteiger partial charge in [0.2, 0.25) is 0 Å². The molecule has 5 nitrogen and oxygen atoms in total. The van der Waals surface area contributed by atoms with Crippen LogP contribution in [-0.4, -0.2) is 20.5 Å². The lowest BCUT2D eigenvalue weighted by molar-refractivity contribution is -0.137. The van der Waals surface area contributed by atoms with Crippen LogP contribution in [0.25, 0.3) is 17.3 Å². The van der Waals surface area contributed by atoms with Gasteiger partial charge >= 0.3 is 6.18 Å². The quantitative estimate of drug-likeness (QED) is 0.305. The van der Waals surface area contributed by atoms with Crippen molar-refractivity contribution in [2.45, 2.75) is 12.7 Å². The first-order valence-electron chi connectivity index (χ1n) is 9.12. The Labute approximate surface area is 188 Å². The molecular formula is C21H13ClF4N4OS. The Morgan fingerprint density at radius 1 is 1.19 bits per heavy atom. The van der Waals surface area contributed by atoms with Gasteiger partial charge in [-0.3, -0.25) is 9.20 Å². The molecule has 0 aliphatic heterocycles. The van der Waals surface area contributed by atoms with Gasteiger partial charge in [0.25, 0.3) is 5.91 Å². The van der Waals surface area contributed by atoms with Gasteiger partial charge in [-0.15, -0.1) is 21.5 Å². The molecule has 0 saturated carbocycles. The SMILES string of the molecule is O=C(NCc1nnc2c(Cl)cc(C(F)(F)F)cn12)/C(=C/c1ccc(F)cc1)c1cccs1. The van der Waals surface area contributed by atoms with E-state index in [1.165, 1.54) is 35.6 Å². The third kappa shape index (κ3) is 4.66. The average molecular weight is 481 g/mol. The summed E-state index contributed by atoms with van der Waals surface area (Å²) in [5.41, 5.74) is 0.0102. The molecule has 1 amide bonds. The van der Waals surface area contributed by atoms with Crippen molar-refractivity contribution < 1.29 is 22.4 Å². The molecule has 32 heavy (non-hydrogen) atoms. The number of aromatic nitrogens is 3. The van der Waals surface area contributed by atoms with Gasteiger partial charge in [0, 0.05) is 11.1 Å². The molecule has 0 bridgehead atoms. The molecule has 1 N–H and O–H groups in total. The van der Waals surface area contributed by atoms with E-state index in [9.17, 15) is 22.4 Å². The predicted molar refractivity (Wildman–Crippen MR) is 113 cm³/mol. The van der Waals surface area contributed by atoms with Crippen LogP contribution in [-0.2, 0) is 17.5 Å². The zero-order valence-corrected chi connectivity index (χ0v) is 17.6. The first-order chi connectivity index (χ1) is 15.2. The molecule has 0 saturated heterocycles.